The van der Waals surface area contributed by atoms with E-state index in [9.17, 15) is 22.8 Å². The second-order valence-corrected chi connectivity index (χ2v) is 9.75. The van der Waals surface area contributed by atoms with Gasteiger partial charge in [-0.2, -0.15) is 13.2 Å². The molecule has 0 fully saturated rings. The first-order valence-electron chi connectivity index (χ1n) is 12.2. The van der Waals surface area contributed by atoms with Gasteiger partial charge < -0.3 is 20.1 Å². The molecule has 1 amide bonds. The second kappa shape index (κ2) is 12.6. The van der Waals surface area contributed by atoms with E-state index in [0.717, 1.165) is 17.3 Å². The van der Waals surface area contributed by atoms with Crippen LogP contribution < -0.4 is 10.6 Å². The average Bonchev–Trinajstić information content (AvgIpc) is 2.86. The fourth-order valence-electron chi connectivity index (χ4n) is 3.68. The maximum absolute atomic E-state index is 13.7. The molecule has 8 nitrogen and oxygen atoms in total. The number of benzene rings is 2. The minimum Gasteiger partial charge on any atom is -0.469 e. The maximum Gasteiger partial charge on any atom is 0.419 e. The summed E-state index contributed by atoms with van der Waals surface area (Å²) in [6.07, 6.45) is -4.14. The summed E-state index contributed by atoms with van der Waals surface area (Å²) < 4.78 is 51.0. The van der Waals surface area contributed by atoms with E-state index in [-0.39, 0.29) is 37.4 Å². The summed E-state index contributed by atoms with van der Waals surface area (Å²) in [7, 11) is 1.28. The van der Waals surface area contributed by atoms with E-state index in [1.54, 1.807) is 69.3 Å². The lowest BCUT2D eigenvalue weighted by Crippen LogP contribution is -2.32. The van der Waals surface area contributed by atoms with Crippen molar-refractivity contribution in [2.45, 2.75) is 58.4 Å². The van der Waals surface area contributed by atoms with Gasteiger partial charge in [-0.15, -0.1) is 0 Å². The lowest BCUT2D eigenvalue weighted by atomic mass is 9.98. The summed E-state index contributed by atoms with van der Waals surface area (Å²) in [5, 5.41) is 5.59. The number of carbonyl (C=O) groups excluding carboxylic acids is 2. The van der Waals surface area contributed by atoms with Crippen LogP contribution in [0.5, 0.6) is 0 Å². The Morgan fingerprint density at radius 2 is 1.62 bits per heavy atom. The highest BCUT2D eigenvalue weighted by atomic mass is 19.4. The number of anilines is 2. The summed E-state index contributed by atoms with van der Waals surface area (Å²) in [4.78, 5) is 31.6. The van der Waals surface area contributed by atoms with E-state index in [4.69, 9.17) is 9.47 Å². The van der Waals surface area contributed by atoms with Gasteiger partial charge in [0.15, 0.2) is 0 Å². The van der Waals surface area contributed by atoms with Crippen LogP contribution in [-0.4, -0.2) is 34.7 Å². The predicted octanol–water partition coefficient (Wildman–Crippen LogP) is 5.76. The van der Waals surface area contributed by atoms with Crippen molar-refractivity contribution in [1.82, 2.24) is 15.3 Å². The van der Waals surface area contributed by atoms with Crippen LogP contribution in [0, 0.1) is 0 Å². The number of halogens is 3. The van der Waals surface area contributed by atoms with Crippen LogP contribution >= 0.6 is 0 Å². The smallest absolute Gasteiger partial charge is 0.419 e. The number of aromatic nitrogens is 2. The van der Waals surface area contributed by atoms with Gasteiger partial charge in [0.25, 0.3) is 0 Å². The first kappa shape index (κ1) is 29.4. The van der Waals surface area contributed by atoms with E-state index in [2.05, 4.69) is 20.6 Å². The summed E-state index contributed by atoms with van der Waals surface area (Å²) in [5.41, 5.74) is 1.10. The Morgan fingerprint density at radius 1 is 0.949 bits per heavy atom. The molecule has 3 aromatic rings. The molecular weight excluding hydrogens is 513 g/mol. The number of nitrogens with one attached hydrogen (secondary N) is 2. The van der Waals surface area contributed by atoms with Gasteiger partial charge in [0.2, 0.25) is 5.95 Å². The van der Waals surface area contributed by atoms with Crippen molar-refractivity contribution in [2.75, 3.05) is 12.4 Å². The number of hydrogen-bond acceptors (Lipinski definition) is 7. The molecule has 0 unspecified atom stereocenters. The molecule has 0 radical (unpaired) electrons. The molecule has 0 aliphatic rings. The van der Waals surface area contributed by atoms with Gasteiger partial charge in [-0.3, -0.25) is 4.79 Å². The first-order chi connectivity index (χ1) is 18.3. The summed E-state index contributed by atoms with van der Waals surface area (Å²) in [6.45, 7) is 5.55. The Kier molecular flexibility index (Phi) is 9.50. The van der Waals surface area contributed by atoms with Crippen LogP contribution in [0.3, 0.4) is 0 Å². The molecule has 0 saturated heterocycles. The molecule has 2 aromatic carbocycles. The van der Waals surface area contributed by atoms with Crippen molar-refractivity contribution in [1.29, 1.82) is 0 Å². The zero-order chi connectivity index (χ0) is 28.6. The largest absolute Gasteiger partial charge is 0.469 e. The van der Waals surface area contributed by atoms with Crippen molar-refractivity contribution >= 4 is 23.7 Å². The van der Waals surface area contributed by atoms with Gasteiger partial charge in [0.05, 0.1) is 24.8 Å². The minimum absolute atomic E-state index is 0.0143. The number of alkyl halides is 3. The molecule has 2 N–H and O–H groups in total. The quantitative estimate of drug-likeness (QED) is 0.330. The normalized spacial score (nSPS) is 11.6. The molecule has 0 bridgehead atoms. The van der Waals surface area contributed by atoms with Crippen LogP contribution in [0.1, 0.15) is 48.7 Å². The van der Waals surface area contributed by atoms with E-state index in [0.29, 0.717) is 11.3 Å². The highest BCUT2D eigenvalue weighted by Gasteiger charge is 2.35. The predicted molar refractivity (Wildman–Crippen MR) is 139 cm³/mol. The molecule has 0 aliphatic carbocycles. The molecular formula is C28H31F3N4O4. The molecule has 0 aliphatic heterocycles. The third kappa shape index (κ3) is 9.27. The topological polar surface area (TPSA) is 102 Å². The average molecular weight is 545 g/mol. The Balaban J connectivity index is 1.72. The summed E-state index contributed by atoms with van der Waals surface area (Å²) in [5.74, 6) is -0.418. The molecule has 208 valence electrons. The van der Waals surface area contributed by atoms with Crippen LogP contribution in [-0.2, 0) is 46.3 Å². The Bertz CT molecular complexity index is 1290. The third-order valence-corrected chi connectivity index (χ3v) is 5.53. The lowest BCUT2D eigenvalue weighted by Gasteiger charge is -2.19. The molecule has 1 heterocycles. The number of nitrogens with zero attached hydrogens (tertiary/aromatic N) is 2. The second-order valence-electron chi connectivity index (χ2n) is 9.75. The number of ether oxygens (including phenoxy) is 2. The van der Waals surface area contributed by atoms with Gasteiger partial charge in [-0.05, 0) is 62.4 Å². The molecule has 11 heteroatoms. The number of esters is 1. The molecule has 39 heavy (non-hydrogen) atoms. The standard InChI is InChI=1S/C28H31F3N4O4/c1-27(2,3)39-26(37)33-16-18-9-12-21(13-10-18)34-25-32-17-22(28(29,30)31)23(35-25)14-11-19-7-5-6-8-20(19)15-24(36)38-4/h5-10,12-13,17H,11,14-16H2,1-4H3,(H,33,37)(H,32,34,35). The van der Waals surface area contributed by atoms with Gasteiger partial charge >= 0.3 is 18.2 Å². The lowest BCUT2D eigenvalue weighted by molar-refractivity contribution is -0.140. The number of hydrogen-bond donors (Lipinski definition) is 2. The van der Waals surface area contributed by atoms with Gasteiger partial charge in [-0.25, -0.2) is 14.8 Å². The SMILES string of the molecule is COC(=O)Cc1ccccc1CCc1nc(Nc2ccc(CNC(=O)OC(C)(C)C)cc2)ncc1C(F)(F)F. The minimum atomic E-state index is -4.62. The molecule has 0 spiro atoms. The molecule has 1 aromatic heterocycles. The number of alkyl carbamates (subject to hydrolysis) is 1. The van der Waals surface area contributed by atoms with E-state index in [1.807, 2.05) is 0 Å². The van der Waals surface area contributed by atoms with E-state index in [1.165, 1.54) is 7.11 Å². The third-order valence-electron chi connectivity index (χ3n) is 5.53. The highest BCUT2D eigenvalue weighted by molar-refractivity contribution is 5.73. The number of carbonyl (C=O) groups is 2. The zero-order valence-electron chi connectivity index (χ0n) is 22.2. The Morgan fingerprint density at radius 3 is 2.23 bits per heavy atom. The first-order valence-corrected chi connectivity index (χ1v) is 12.2. The number of rotatable bonds is 9. The number of amides is 1. The maximum atomic E-state index is 13.7. The van der Waals surface area contributed by atoms with Crippen LogP contribution in [0.25, 0.3) is 0 Å². The van der Waals surface area contributed by atoms with Crippen molar-refractivity contribution in [3.05, 3.63) is 82.7 Å². The highest BCUT2D eigenvalue weighted by Crippen LogP contribution is 2.32. The summed E-state index contributed by atoms with van der Waals surface area (Å²) >= 11 is 0. The van der Waals surface area contributed by atoms with Gasteiger partial charge in [0, 0.05) is 18.4 Å². The van der Waals surface area contributed by atoms with Crippen molar-refractivity contribution < 1.29 is 32.2 Å². The van der Waals surface area contributed by atoms with Crippen molar-refractivity contribution in [2.24, 2.45) is 0 Å². The van der Waals surface area contributed by atoms with Crippen molar-refractivity contribution in [3.63, 3.8) is 0 Å². The number of methoxy groups -OCH3 is 1. The molecule has 3 rings (SSSR count). The van der Waals surface area contributed by atoms with Gasteiger partial charge in [-0.1, -0.05) is 36.4 Å². The van der Waals surface area contributed by atoms with E-state index < -0.39 is 29.4 Å². The van der Waals surface area contributed by atoms with E-state index >= 15 is 0 Å². The van der Waals surface area contributed by atoms with Gasteiger partial charge in [0.1, 0.15) is 5.60 Å². The fourth-order valence-corrected chi connectivity index (χ4v) is 3.68. The zero-order valence-corrected chi connectivity index (χ0v) is 22.2. The van der Waals surface area contributed by atoms with Crippen LogP contribution in [0.4, 0.5) is 29.6 Å². The summed E-state index contributed by atoms with van der Waals surface area (Å²) in [6, 6.07) is 14.0. The molecule has 0 atom stereocenters. The Labute approximate surface area is 225 Å². The monoisotopic (exact) mass is 544 g/mol. The fraction of sp³-hybridized carbons (Fsp3) is 0.357. The Hall–Kier alpha value is -4.15. The number of aryl methyl sites for hydroxylation is 2. The van der Waals surface area contributed by atoms with Crippen molar-refractivity contribution in [3.8, 4) is 0 Å². The van der Waals surface area contributed by atoms with Crippen LogP contribution in [0.15, 0.2) is 54.7 Å². The van der Waals surface area contributed by atoms with Crippen LogP contribution in [0.2, 0.25) is 0 Å². The molecule has 0 saturated carbocycles.